The van der Waals surface area contributed by atoms with Gasteiger partial charge < -0.3 is 24.5 Å². The van der Waals surface area contributed by atoms with Crippen LogP contribution in [0.15, 0.2) is 73.8 Å². The number of amides is 3. The minimum absolute atomic E-state index is 0.0639. The van der Waals surface area contributed by atoms with E-state index in [1.165, 1.54) is 0 Å². The van der Waals surface area contributed by atoms with E-state index >= 15 is 0 Å². The monoisotopic (exact) mass is 627 g/mol. The first kappa shape index (κ1) is 33.6. The summed E-state index contributed by atoms with van der Waals surface area (Å²) >= 11 is 0. The zero-order valence-corrected chi connectivity index (χ0v) is 27.8. The van der Waals surface area contributed by atoms with Crippen LogP contribution in [0.1, 0.15) is 56.2 Å². The van der Waals surface area contributed by atoms with Gasteiger partial charge in [-0.1, -0.05) is 61.5 Å². The molecule has 3 aliphatic heterocycles. The molecule has 2 aromatic carbocycles. The first-order valence-corrected chi connectivity index (χ1v) is 16.6. The number of hydrogen-bond acceptors (Lipinski definition) is 5. The van der Waals surface area contributed by atoms with Crippen molar-refractivity contribution in [2.45, 2.75) is 77.2 Å². The van der Waals surface area contributed by atoms with Crippen molar-refractivity contribution in [1.82, 2.24) is 9.80 Å². The minimum atomic E-state index is -1.15. The second-order valence-corrected chi connectivity index (χ2v) is 13.5. The number of benzene rings is 2. The Labute approximate surface area is 273 Å². The third-order valence-electron chi connectivity index (χ3n) is 10.5. The van der Waals surface area contributed by atoms with Crippen molar-refractivity contribution >= 4 is 23.4 Å². The van der Waals surface area contributed by atoms with Crippen LogP contribution in [0, 0.1) is 31.6 Å². The van der Waals surface area contributed by atoms with Crippen molar-refractivity contribution in [3.63, 3.8) is 0 Å². The van der Waals surface area contributed by atoms with Crippen molar-refractivity contribution in [2.24, 2.45) is 17.8 Å². The Morgan fingerprint density at radius 3 is 2.43 bits per heavy atom. The highest BCUT2D eigenvalue weighted by molar-refractivity contribution is 6.05. The third kappa shape index (κ3) is 5.71. The molecule has 3 amide bonds. The second-order valence-electron chi connectivity index (χ2n) is 13.5. The van der Waals surface area contributed by atoms with E-state index in [0.717, 1.165) is 22.4 Å². The molecule has 3 fully saturated rings. The molecule has 0 radical (unpaired) electrons. The molecule has 3 aliphatic rings. The average Bonchev–Trinajstić information content (AvgIpc) is 3.55. The largest absolute Gasteiger partial charge is 0.396 e. The van der Waals surface area contributed by atoms with E-state index in [-0.39, 0.29) is 36.8 Å². The zero-order valence-electron chi connectivity index (χ0n) is 27.8. The molecule has 1 spiro atoms. The summed E-state index contributed by atoms with van der Waals surface area (Å²) in [5.74, 6) is -2.17. The average molecular weight is 628 g/mol. The van der Waals surface area contributed by atoms with Crippen LogP contribution in [0.2, 0.25) is 0 Å². The number of hydrogen-bond donors (Lipinski definition) is 1. The van der Waals surface area contributed by atoms with Gasteiger partial charge in [-0.05, 0) is 75.1 Å². The lowest BCUT2D eigenvalue weighted by Gasteiger charge is -2.39. The van der Waals surface area contributed by atoms with Crippen LogP contribution >= 0.6 is 0 Å². The number of aliphatic hydroxyl groups is 1. The lowest BCUT2D eigenvalue weighted by molar-refractivity contribution is -0.151. The van der Waals surface area contributed by atoms with E-state index in [1.807, 2.05) is 69.3 Å². The molecule has 6 atom stereocenters. The Morgan fingerprint density at radius 1 is 1.04 bits per heavy atom. The fraction of sp³-hybridized carbons (Fsp3) is 0.500. The maximum atomic E-state index is 15.0. The molecule has 1 N–H and O–H groups in total. The van der Waals surface area contributed by atoms with Crippen LogP contribution in [0.4, 0.5) is 5.69 Å². The van der Waals surface area contributed by atoms with Gasteiger partial charge in [0.15, 0.2) is 0 Å². The predicted molar refractivity (Wildman–Crippen MR) is 180 cm³/mol. The van der Waals surface area contributed by atoms with Crippen LogP contribution in [0.3, 0.4) is 0 Å². The normalized spacial score (nSPS) is 27.8. The molecule has 8 heteroatoms. The van der Waals surface area contributed by atoms with Crippen molar-refractivity contribution < 1.29 is 24.2 Å². The summed E-state index contributed by atoms with van der Waals surface area (Å²) in [7, 11) is 0. The lowest BCUT2D eigenvalue weighted by atomic mass is 9.62. The number of carbonyl (C=O) groups excluding carboxylic acids is 3. The maximum absolute atomic E-state index is 15.0. The summed E-state index contributed by atoms with van der Waals surface area (Å²) in [5, 5.41) is 9.41. The summed E-state index contributed by atoms with van der Waals surface area (Å²) in [5.41, 5.74) is 1.66. The summed E-state index contributed by atoms with van der Waals surface area (Å²) < 4.78 is 7.03. The molecule has 5 rings (SSSR count). The van der Waals surface area contributed by atoms with Gasteiger partial charge in [0.2, 0.25) is 11.8 Å². The van der Waals surface area contributed by atoms with Crippen LogP contribution in [0.25, 0.3) is 0 Å². The van der Waals surface area contributed by atoms with Crippen LogP contribution in [0.5, 0.6) is 0 Å². The van der Waals surface area contributed by atoms with Crippen molar-refractivity contribution in [2.75, 3.05) is 31.1 Å². The maximum Gasteiger partial charge on any atom is 0.253 e. The van der Waals surface area contributed by atoms with Crippen LogP contribution in [-0.2, 0) is 25.7 Å². The highest BCUT2D eigenvalue weighted by atomic mass is 16.5. The Hall–Kier alpha value is -3.75. The highest BCUT2D eigenvalue weighted by Gasteiger charge is 2.80. The topological polar surface area (TPSA) is 90.4 Å². The van der Waals surface area contributed by atoms with Crippen molar-refractivity contribution in [3.05, 3.63) is 90.5 Å². The van der Waals surface area contributed by atoms with Gasteiger partial charge in [0.25, 0.3) is 5.91 Å². The SMILES string of the molecule is C=CCN(Cc1ccccc1)C(=O)[C@@H]1[C@H]2C(=O)N(CCCCCO)C(C(=O)N(CC=C)c3cc(C)ccc3C)C23CC(C)[C@@]1(C)O3. The molecular formula is C38H49N3O5. The number of aliphatic hydroxyl groups excluding tert-OH is 1. The van der Waals surface area contributed by atoms with E-state index < -0.39 is 29.1 Å². The van der Waals surface area contributed by atoms with Crippen molar-refractivity contribution in [3.8, 4) is 0 Å². The van der Waals surface area contributed by atoms with Gasteiger partial charge in [-0.2, -0.15) is 0 Å². The summed E-state index contributed by atoms with van der Waals surface area (Å²) in [6, 6.07) is 14.9. The number of unbranched alkanes of at least 4 members (excludes halogenated alkanes) is 2. The van der Waals surface area contributed by atoms with E-state index in [1.54, 1.807) is 26.9 Å². The number of nitrogens with zero attached hydrogens (tertiary/aromatic N) is 3. The quantitative estimate of drug-likeness (QED) is 0.230. The molecule has 8 nitrogen and oxygen atoms in total. The van der Waals surface area contributed by atoms with Gasteiger partial charge in [-0.15, -0.1) is 13.2 Å². The Bertz CT molecular complexity index is 1480. The second kappa shape index (κ2) is 13.5. The summed E-state index contributed by atoms with van der Waals surface area (Å²) in [6.45, 7) is 17.2. The molecular weight excluding hydrogens is 578 g/mol. The standard InChI is InChI=1S/C38H49N3O5/c1-7-19-39(25-29-15-11-9-12-16-29)34(43)31-32-35(44)41(21-13-10-14-22-42)33(38(32)24-28(5)37(31,6)46-38)36(45)40(20-8-2)30-23-26(3)17-18-27(30)4/h7-9,11-12,15-18,23,28,31-33,42H,1-2,10,13-14,19-22,24-25H2,3-6H3/t28?,31-,32-,33?,37+,38?/m0/s1. The molecule has 0 saturated carbocycles. The predicted octanol–water partition coefficient (Wildman–Crippen LogP) is 5.21. The molecule has 2 bridgehead atoms. The molecule has 3 unspecified atom stereocenters. The van der Waals surface area contributed by atoms with Gasteiger partial charge in [-0.3, -0.25) is 14.4 Å². The van der Waals surface area contributed by atoms with E-state index in [9.17, 15) is 19.5 Å². The van der Waals surface area contributed by atoms with E-state index in [4.69, 9.17) is 4.74 Å². The van der Waals surface area contributed by atoms with Crippen LogP contribution in [-0.4, -0.2) is 76.1 Å². The smallest absolute Gasteiger partial charge is 0.253 e. The molecule has 3 saturated heterocycles. The zero-order chi connectivity index (χ0) is 33.2. The molecule has 0 aliphatic carbocycles. The first-order chi connectivity index (χ1) is 22.0. The fourth-order valence-corrected chi connectivity index (χ4v) is 8.19. The molecule has 46 heavy (non-hydrogen) atoms. The number of likely N-dealkylation sites (tertiary alicyclic amines) is 1. The third-order valence-corrected chi connectivity index (χ3v) is 10.5. The Kier molecular flexibility index (Phi) is 9.89. The fourth-order valence-electron chi connectivity index (χ4n) is 8.19. The van der Waals surface area contributed by atoms with Gasteiger partial charge in [0.1, 0.15) is 11.6 Å². The van der Waals surface area contributed by atoms with E-state index in [2.05, 4.69) is 20.1 Å². The number of anilines is 1. The molecule has 0 aromatic heterocycles. The van der Waals surface area contributed by atoms with Crippen LogP contribution < -0.4 is 4.90 Å². The Balaban J connectivity index is 1.59. The minimum Gasteiger partial charge on any atom is -0.396 e. The summed E-state index contributed by atoms with van der Waals surface area (Å²) in [6.07, 6.45) is 5.88. The molecule has 2 aromatic rings. The number of rotatable bonds is 14. The lowest BCUT2D eigenvalue weighted by Crippen LogP contribution is -2.57. The van der Waals surface area contributed by atoms with Gasteiger partial charge in [-0.25, -0.2) is 0 Å². The van der Waals surface area contributed by atoms with Gasteiger partial charge in [0, 0.05) is 38.5 Å². The van der Waals surface area contributed by atoms with Gasteiger partial charge in [0.05, 0.1) is 17.4 Å². The number of ether oxygens (including phenoxy) is 1. The molecule has 246 valence electrons. The number of aryl methyl sites for hydroxylation is 2. The Morgan fingerprint density at radius 2 is 1.76 bits per heavy atom. The van der Waals surface area contributed by atoms with E-state index in [0.29, 0.717) is 45.3 Å². The van der Waals surface area contributed by atoms with Crippen molar-refractivity contribution in [1.29, 1.82) is 0 Å². The number of fused-ring (bicyclic) bond motifs is 1. The molecule has 3 heterocycles. The highest BCUT2D eigenvalue weighted by Crippen LogP contribution is 2.65. The summed E-state index contributed by atoms with van der Waals surface area (Å²) in [4.78, 5) is 49.6. The van der Waals surface area contributed by atoms with Gasteiger partial charge >= 0.3 is 0 Å². The number of carbonyl (C=O) groups is 3. The first-order valence-electron chi connectivity index (χ1n) is 16.6.